The first kappa shape index (κ1) is 17.3. The molecule has 4 aliphatic carbocycles. The highest BCUT2D eigenvalue weighted by Gasteiger charge is 2.55. The minimum Gasteiger partial charge on any atom is -0.461 e. The van der Waals surface area contributed by atoms with E-state index in [2.05, 4.69) is 5.10 Å². The number of ether oxygens (including phenoxy) is 1. The summed E-state index contributed by atoms with van der Waals surface area (Å²) in [5.41, 5.74) is 2.21. The summed E-state index contributed by atoms with van der Waals surface area (Å²) >= 11 is 0. The van der Waals surface area contributed by atoms with Gasteiger partial charge in [0.05, 0.1) is 17.7 Å². The Morgan fingerprint density at radius 1 is 1.15 bits per heavy atom. The lowest BCUT2D eigenvalue weighted by atomic mass is 9.49. The zero-order chi connectivity index (χ0) is 18.8. The number of amides is 1. The third-order valence-electron chi connectivity index (χ3n) is 7.44. The van der Waals surface area contributed by atoms with Gasteiger partial charge in [-0.25, -0.2) is 4.79 Å². The quantitative estimate of drug-likeness (QED) is 0.767. The monoisotopic (exact) mass is 371 g/mol. The highest BCUT2D eigenvalue weighted by Crippen LogP contribution is 2.60. The Labute approximate surface area is 160 Å². The van der Waals surface area contributed by atoms with Crippen molar-refractivity contribution < 1.29 is 14.3 Å². The zero-order valence-electron chi connectivity index (χ0n) is 16.4. The van der Waals surface area contributed by atoms with Crippen LogP contribution in [0.1, 0.15) is 67.2 Å². The molecule has 0 atom stereocenters. The van der Waals surface area contributed by atoms with Gasteiger partial charge in [-0.05, 0) is 63.2 Å². The summed E-state index contributed by atoms with van der Waals surface area (Å²) in [7, 11) is 1.79. The van der Waals surface area contributed by atoms with E-state index in [1.165, 1.54) is 19.3 Å². The van der Waals surface area contributed by atoms with Gasteiger partial charge in [0.1, 0.15) is 0 Å². The number of fused-ring (bicyclic) bond motifs is 1. The second-order valence-electron chi connectivity index (χ2n) is 9.29. The average Bonchev–Trinajstić information content (AvgIpc) is 2.95. The molecule has 6 heteroatoms. The average molecular weight is 371 g/mol. The second kappa shape index (κ2) is 6.08. The predicted octanol–water partition coefficient (Wildman–Crippen LogP) is 2.70. The molecule has 146 valence electrons. The number of hydrogen-bond donors (Lipinski definition) is 0. The number of nitrogens with zero attached hydrogens (tertiary/aromatic N) is 3. The van der Waals surface area contributed by atoms with Gasteiger partial charge < -0.3 is 9.64 Å². The van der Waals surface area contributed by atoms with Crippen LogP contribution >= 0.6 is 0 Å². The van der Waals surface area contributed by atoms with E-state index < -0.39 is 0 Å². The second-order valence-corrected chi connectivity index (χ2v) is 9.29. The van der Waals surface area contributed by atoms with Crippen LogP contribution in [0.5, 0.6) is 0 Å². The van der Waals surface area contributed by atoms with Crippen molar-refractivity contribution in [1.82, 2.24) is 14.7 Å². The third-order valence-corrected chi connectivity index (χ3v) is 7.44. The number of carbonyl (C=O) groups is 2. The Kier molecular flexibility index (Phi) is 3.89. The van der Waals surface area contributed by atoms with Crippen molar-refractivity contribution in [3.63, 3.8) is 0 Å². The van der Waals surface area contributed by atoms with Gasteiger partial charge in [-0.3, -0.25) is 9.48 Å². The van der Waals surface area contributed by atoms with Gasteiger partial charge in [-0.1, -0.05) is 0 Å². The fourth-order valence-electron chi connectivity index (χ4n) is 6.84. The van der Waals surface area contributed by atoms with Crippen molar-refractivity contribution in [3.05, 3.63) is 17.0 Å². The molecule has 5 aliphatic rings. The first-order chi connectivity index (χ1) is 13.0. The van der Waals surface area contributed by atoms with E-state index in [0.29, 0.717) is 31.3 Å². The molecule has 0 spiro atoms. The lowest BCUT2D eigenvalue weighted by Crippen LogP contribution is -2.55. The van der Waals surface area contributed by atoms with Crippen LogP contribution in [0.25, 0.3) is 0 Å². The lowest BCUT2D eigenvalue weighted by molar-refractivity contribution is -0.158. The normalized spacial score (nSPS) is 33.9. The number of aryl methyl sites for hydroxylation is 1. The summed E-state index contributed by atoms with van der Waals surface area (Å²) in [5.74, 6) is 2.28. The van der Waals surface area contributed by atoms with E-state index in [-0.39, 0.29) is 11.4 Å². The van der Waals surface area contributed by atoms with Gasteiger partial charge in [-0.2, -0.15) is 5.10 Å². The topological polar surface area (TPSA) is 64.4 Å². The summed E-state index contributed by atoms with van der Waals surface area (Å²) in [6, 6.07) is 0. The van der Waals surface area contributed by atoms with Gasteiger partial charge in [0.15, 0.2) is 5.69 Å². The molecule has 0 unspecified atom stereocenters. The molecule has 1 aliphatic heterocycles. The van der Waals surface area contributed by atoms with Crippen molar-refractivity contribution in [1.29, 1.82) is 0 Å². The molecule has 2 heterocycles. The molecule has 0 aromatic carbocycles. The van der Waals surface area contributed by atoms with Crippen molar-refractivity contribution in [3.8, 4) is 0 Å². The third kappa shape index (κ3) is 2.63. The first-order valence-electron chi connectivity index (χ1n) is 10.5. The zero-order valence-corrected chi connectivity index (χ0v) is 16.4. The number of hydrogen-bond acceptors (Lipinski definition) is 4. The molecule has 6 rings (SSSR count). The van der Waals surface area contributed by atoms with Crippen molar-refractivity contribution in [2.75, 3.05) is 13.2 Å². The molecule has 4 bridgehead atoms. The van der Waals surface area contributed by atoms with Gasteiger partial charge in [-0.15, -0.1) is 0 Å². The number of rotatable bonds is 3. The molecule has 6 nitrogen and oxygen atoms in total. The summed E-state index contributed by atoms with van der Waals surface area (Å²) in [5, 5.41) is 4.52. The van der Waals surface area contributed by atoms with E-state index in [9.17, 15) is 9.59 Å². The molecule has 27 heavy (non-hydrogen) atoms. The van der Waals surface area contributed by atoms with Gasteiger partial charge in [0, 0.05) is 32.1 Å². The van der Waals surface area contributed by atoms with Gasteiger partial charge >= 0.3 is 5.97 Å². The summed E-state index contributed by atoms with van der Waals surface area (Å²) in [6.07, 6.45) is 7.99. The fourth-order valence-corrected chi connectivity index (χ4v) is 6.84. The highest BCUT2D eigenvalue weighted by molar-refractivity contribution is 5.90. The van der Waals surface area contributed by atoms with Crippen molar-refractivity contribution in [2.45, 2.75) is 58.4 Å². The standard InChI is InChI=1S/C21H29N3O3/c1-3-27-19(25)18-16-12-24(5-4-17(16)22-23(18)2)20(26)21-9-13-6-14(10-21)8-15(7-13)11-21/h13-15H,3-12H2,1-2H3. The van der Waals surface area contributed by atoms with Crippen LogP contribution in [0, 0.1) is 23.2 Å². The molecule has 1 aromatic heterocycles. The Hall–Kier alpha value is -1.85. The Balaban J connectivity index is 1.41. The molecule has 4 fully saturated rings. The molecule has 1 aromatic rings. The Morgan fingerprint density at radius 2 is 1.78 bits per heavy atom. The maximum absolute atomic E-state index is 13.7. The predicted molar refractivity (Wildman–Crippen MR) is 98.9 cm³/mol. The molecular formula is C21H29N3O3. The molecule has 0 saturated heterocycles. The fraction of sp³-hybridized carbons (Fsp3) is 0.762. The maximum Gasteiger partial charge on any atom is 0.356 e. The van der Waals surface area contributed by atoms with Crippen LogP contribution in [0.15, 0.2) is 0 Å². The van der Waals surface area contributed by atoms with Crippen LogP contribution in [0.2, 0.25) is 0 Å². The smallest absolute Gasteiger partial charge is 0.356 e. The van der Waals surface area contributed by atoms with Crippen LogP contribution in [-0.4, -0.2) is 39.7 Å². The first-order valence-corrected chi connectivity index (χ1v) is 10.5. The maximum atomic E-state index is 13.7. The van der Waals surface area contributed by atoms with Crippen LogP contribution < -0.4 is 0 Å². The van der Waals surface area contributed by atoms with E-state index >= 15 is 0 Å². The van der Waals surface area contributed by atoms with Gasteiger partial charge in [0.25, 0.3) is 0 Å². The van der Waals surface area contributed by atoms with E-state index in [4.69, 9.17) is 4.74 Å². The number of carbonyl (C=O) groups excluding carboxylic acids is 2. The van der Waals surface area contributed by atoms with E-state index in [1.807, 2.05) is 11.8 Å². The molecule has 4 saturated carbocycles. The number of esters is 1. The van der Waals surface area contributed by atoms with E-state index in [0.717, 1.165) is 54.7 Å². The Bertz CT molecular complexity index is 762. The summed E-state index contributed by atoms with van der Waals surface area (Å²) < 4.78 is 6.85. The molecule has 0 radical (unpaired) electrons. The molecular weight excluding hydrogens is 342 g/mol. The summed E-state index contributed by atoms with van der Waals surface area (Å²) in [6.45, 7) is 3.36. The van der Waals surface area contributed by atoms with Crippen molar-refractivity contribution in [2.24, 2.45) is 30.2 Å². The largest absolute Gasteiger partial charge is 0.461 e. The minimum atomic E-state index is -0.335. The van der Waals surface area contributed by atoms with E-state index in [1.54, 1.807) is 11.7 Å². The van der Waals surface area contributed by atoms with Crippen LogP contribution in [0.3, 0.4) is 0 Å². The number of aromatic nitrogens is 2. The van der Waals surface area contributed by atoms with Crippen LogP contribution in [-0.2, 0) is 29.5 Å². The summed E-state index contributed by atoms with van der Waals surface area (Å²) in [4.78, 5) is 28.1. The SMILES string of the molecule is CCOC(=O)c1c2c(nn1C)CCN(C(=O)C13CC4CC(CC(C4)C1)C3)C2. The highest BCUT2D eigenvalue weighted by atomic mass is 16.5. The van der Waals surface area contributed by atoms with Gasteiger partial charge in [0.2, 0.25) is 5.91 Å². The lowest BCUT2D eigenvalue weighted by Gasteiger charge is -2.56. The molecule has 0 N–H and O–H groups in total. The van der Waals surface area contributed by atoms with Crippen LogP contribution in [0.4, 0.5) is 0 Å². The molecule has 1 amide bonds. The Morgan fingerprint density at radius 3 is 2.37 bits per heavy atom. The van der Waals surface area contributed by atoms with Crippen molar-refractivity contribution >= 4 is 11.9 Å². The minimum absolute atomic E-state index is 0.126.